The molecule has 1 aromatic carbocycles. The molecule has 3 rings (SSSR count). The van der Waals surface area contributed by atoms with E-state index in [1.807, 2.05) is 0 Å². The first-order valence-corrected chi connectivity index (χ1v) is 10.3. The molecule has 1 aliphatic heterocycles. The summed E-state index contributed by atoms with van der Waals surface area (Å²) in [6.07, 6.45) is 0. The van der Waals surface area contributed by atoms with Gasteiger partial charge in [0.15, 0.2) is 18.1 Å². The summed E-state index contributed by atoms with van der Waals surface area (Å²) in [6, 6.07) is 5.22. The Morgan fingerprint density at radius 3 is 2.52 bits per heavy atom. The SMILES string of the molecule is CC(=O)c1ccc(Cl)c(Cl)c1OCC(=O)N1CCN(Cc2ccsc2)CC1. The van der Waals surface area contributed by atoms with E-state index in [4.69, 9.17) is 27.9 Å². The topological polar surface area (TPSA) is 49.9 Å². The minimum atomic E-state index is -0.196. The Labute approximate surface area is 172 Å². The van der Waals surface area contributed by atoms with Crippen LogP contribution in [-0.2, 0) is 11.3 Å². The maximum Gasteiger partial charge on any atom is 0.260 e. The minimum Gasteiger partial charge on any atom is -0.481 e. The summed E-state index contributed by atoms with van der Waals surface area (Å²) < 4.78 is 5.60. The van der Waals surface area contributed by atoms with Crippen molar-refractivity contribution in [2.45, 2.75) is 13.5 Å². The van der Waals surface area contributed by atoms with Gasteiger partial charge in [-0.15, -0.1) is 0 Å². The minimum absolute atomic E-state index is 0.129. The predicted octanol–water partition coefficient (Wildman–Crippen LogP) is 3.98. The molecule has 0 radical (unpaired) electrons. The molecule has 1 aromatic heterocycles. The van der Waals surface area contributed by atoms with Crippen LogP contribution in [0.25, 0.3) is 0 Å². The van der Waals surface area contributed by atoms with Gasteiger partial charge >= 0.3 is 0 Å². The molecule has 0 bridgehead atoms. The highest BCUT2D eigenvalue weighted by molar-refractivity contribution is 7.07. The average molecular weight is 427 g/mol. The number of halogens is 2. The summed E-state index contributed by atoms with van der Waals surface area (Å²) in [5, 5.41) is 4.65. The largest absolute Gasteiger partial charge is 0.481 e. The third kappa shape index (κ3) is 5.02. The third-order valence-electron chi connectivity index (χ3n) is 4.48. The van der Waals surface area contributed by atoms with Gasteiger partial charge < -0.3 is 9.64 Å². The molecule has 0 atom stereocenters. The van der Waals surface area contributed by atoms with Crippen LogP contribution in [0.5, 0.6) is 5.75 Å². The average Bonchev–Trinajstić information content (AvgIpc) is 3.16. The van der Waals surface area contributed by atoms with E-state index in [0.717, 1.165) is 19.6 Å². The van der Waals surface area contributed by atoms with Crippen LogP contribution in [0.15, 0.2) is 29.0 Å². The summed E-state index contributed by atoms with van der Waals surface area (Å²) in [5.41, 5.74) is 1.62. The molecular weight excluding hydrogens is 407 g/mol. The van der Waals surface area contributed by atoms with Gasteiger partial charge in [0.25, 0.3) is 5.91 Å². The van der Waals surface area contributed by atoms with E-state index in [2.05, 4.69) is 21.7 Å². The first-order chi connectivity index (χ1) is 13.0. The van der Waals surface area contributed by atoms with Crippen molar-refractivity contribution in [1.29, 1.82) is 0 Å². The third-order valence-corrected chi connectivity index (χ3v) is 6.00. The second kappa shape index (κ2) is 9.06. The maximum absolute atomic E-state index is 12.5. The second-order valence-corrected chi connectivity index (χ2v) is 7.94. The van der Waals surface area contributed by atoms with E-state index in [1.54, 1.807) is 28.4 Å². The van der Waals surface area contributed by atoms with Gasteiger partial charge in [-0.2, -0.15) is 11.3 Å². The zero-order chi connectivity index (χ0) is 19.4. The van der Waals surface area contributed by atoms with Crippen molar-refractivity contribution in [3.63, 3.8) is 0 Å². The second-order valence-electron chi connectivity index (χ2n) is 6.37. The smallest absolute Gasteiger partial charge is 0.260 e. The normalized spacial score (nSPS) is 15.0. The van der Waals surface area contributed by atoms with Crippen molar-refractivity contribution in [2.75, 3.05) is 32.8 Å². The first-order valence-electron chi connectivity index (χ1n) is 8.58. The molecule has 144 valence electrons. The molecule has 1 amide bonds. The molecule has 0 spiro atoms. The molecule has 0 aliphatic carbocycles. The highest BCUT2D eigenvalue weighted by atomic mass is 35.5. The fourth-order valence-electron chi connectivity index (χ4n) is 2.97. The summed E-state index contributed by atoms with van der Waals surface area (Å²) in [7, 11) is 0. The van der Waals surface area contributed by atoms with Gasteiger partial charge in [-0.3, -0.25) is 14.5 Å². The molecule has 1 saturated heterocycles. The van der Waals surface area contributed by atoms with Gasteiger partial charge in [0.2, 0.25) is 0 Å². The molecule has 2 aromatic rings. The Morgan fingerprint density at radius 1 is 1.15 bits per heavy atom. The maximum atomic E-state index is 12.5. The Hall–Kier alpha value is -1.60. The van der Waals surface area contributed by atoms with Crippen LogP contribution >= 0.6 is 34.5 Å². The molecular formula is C19H20Cl2N2O3S. The first kappa shape index (κ1) is 20.1. The number of piperazine rings is 1. The highest BCUT2D eigenvalue weighted by Gasteiger charge is 2.23. The Balaban J connectivity index is 1.55. The van der Waals surface area contributed by atoms with Gasteiger partial charge in [-0.1, -0.05) is 23.2 Å². The lowest BCUT2D eigenvalue weighted by Gasteiger charge is -2.34. The van der Waals surface area contributed by atoms with Crippen LogP contribution in [0.4, 0.5) is 0 Å². The molecule has 5 nitrogen and oxygen atoms in total. The number of amides is 1. The van der Waals surface area contributed by atoms with Crippen molar-refractivity contribution in [1.82, 2.24) is 9.80 Å². The van der Waals surface area contributed by atoms with E-state index >= 15 is 0 Å². The number of ether oxygens (including phenoxy) is 1. The van der Waals surface area contributed by atoms with Crippen LogP contribution in [0, 0.1) is 0 Å². The van der Waals surface area contributed by atoms with Gasteiger partial charge in [0, 0.05) is 32.7 Å². The van der Waals surface area contributed by atoms with Crippen molar-refractivity contribution in [3.8, 4) is 5.75 Å². The van der Waals surface area contributed by atoms with Gasteiger partial charge in [-0.25, -0.2) is 0 Å². The van der Waals surface area contributed by atoms with Crippen molar-refractivity contribution < 1.29 is 14.3 Å². The highest BCUT2D eigenvalue weighted by Crippen LogP contribution is 2.35. The summed E-state index contributed by atoms with van der Waals surface area (Å²) in [6.45, 7) is 5.08. The number of benzene rings is 1. The Kier molecular flexibility index (Phi) is 6.76. The summed E-state index contributed by atoms with van der Waals surface area (Å²) in [5.74, 6) is -0.158. The van der Waals surface area contributed by atoms with Crippen LogP contribution in [0.2, 0.25) is 10.0 Å². The van der Waals surface area contributed by atoms with Gasteiger partial charge in [0.1, 0.15) is 5.02 Å². The van der Waals surface area contributed by atoms with E-state index in [-0.39, 0.29) is 34.1 Å². The zero-order valence-corrected chi connectivity index (χ0v) is 17.2. The lowest BCUT2D eigenvalue weighted by molar-refractivity contribution is -0.135. The Bertz CT molecular complexity index is 819. The predicted molar refractivity (Wildman–Crippen MR) is 108 cm³/mol. The number of nitrogens with zero attached hydrogens (tertiary/aromatic N) is 2. The molecule has 2 heterocycles. The van der Waals surface area contributed by atoms with Crippen LogP contribution in [0.1, 0.15) is 22.8 Å². The molecule has 0 N–H and O–H groups in total. The number of thiophene rings is 1. The summed E-state index contributed by atoms with van der Waals surface area (Å²) in [4.78, 5) is 28.4. The number of carbonyl (C=O) groups is 2. The number of Topliss-reactive ketones (excluding diaryl/α,β-unsaturated/α-hetero) is 1. The number of ketones is 1. The molecule has 0 unspecified atom stereocenters. The van der Waals surface area contributed by atoms with E-state index in [0.29, 0.717) is 18.7 Å². The molecule has 1 aliphatic rings. The number of hydrogen-bond acceptors (Lipinski definition) is 5. The zero-order valence-electron chi connectivity index (χ0n) is 14.9. The van der Waals surface area contributed by atoms with Gasteiger partial charge in [-0.05, 0) is 41.4 Å². The van der Waals surface area contributed by atoms with E-state index in [9.17, 15) is 9.59 Å². The van der Waals surface area contributed by atoms with E-state index < -0.39 is 0 Å². The van der Waals surface area contributed by atoms with Gasteiger partial charge in [0.05, 0.1) is 10.6 Å². The summed E-state index contributed by atoms with van der Waals surface area (Å²) >= 11 is 13.9. The molecule has 0 saturated carbocycles. The fraction of sp³-hybridized carbons (Fsp3) is 0.368. The fourth-order valence-corrected chi connectivity index (χ4v) is 4.00. The number of rotatable bonds is 6. The number of hydrogen-bond donors (Lipinski definition) is 0. The van der Waals surface area contributed by atoms with Crippen molar-refractivity contribution >= 4 is 46.2 Å². The van der Waals surface area contributed by atoms with Crippen LogP contribution in [0.3, 0.4) is 0 Å². The van der Waals surface area contributed by atoms with Crippen LogP contribution < -0.4 is 4.74 Å². The van der Waals surface area contributed by atoms with Crippen LogP contribution in [-0.4, -0.2) is 54.3 Å². The Morgan fingerprint density at radius 2 is 1.89 bits per heavy atom. The van der Waals surface area contributed by atoms with E-state index in [1.165, 1.54) is 12.5 Å². The molecule has 27 heavy (non-hydrogen) atoms. The quantitative estimate of drug-likeness (QED) is 0.655. The van der Waals surface area contributed by atoms with Crippen molar-refractivity contribution in [3.05, 3.63) is 50.1 Å². The lowest BCUT2D eigenvalue weighted by atomic mass is 10.1. The lowest BCUT2D eigenvalue weighted by Crippen LogP contribution is -2.49. The molecule has 1 fully saturated rings. The standard InChI is InChI=1S/C19H20Cl2N2O3S/c1-13(24)15-2-3-16(20)18(21)19(15)26-11-17(25)23-7-5-22(6-8-23)10-14-4-9-27-12-14/h2-4,9,12H,5-8,10-11H2,1H3. The monoisotopic (exact) mass is 426 g/mol. The van der Waals surface area contributed by atoms with Crippen molar-refractivity contribution in [2.24, 2.45) is 0 Å². The molecule has 8 heteroatoms. The number of carbonyl (C=O) groups excluding carboxylic acids is 2.